The summed E-state index contributed by atoms with van der Waals surface area (Å²) < 4.78 is 0. The van der Waals surface area contributed by atoms with E-state index in [-0.39, 0.29) is 0 Å². The fraction of sp³-hybridized carbons (Fsp3) is 0.500. The maximum Gasteiger partial charge on any atom is 0.0823 e. The molecule has 1 nitrogen and oxygen atoms in total. The highest BCUT2D eigenvalue weighted by atomic mass is 35.5. The minimum Gasteiger partial charge on any atom is -0.381 e. The zero-order chi connectivity index (χ0) is 10.8. The van der Waals surface area contributed by atoms with Gasteiger partial charge in [0.2, 0.25) is 0 Å². The van der Waals surface area contributed by atoms with Crippen LogP contribution in [0.3, 0.4) is 0 Å². The molecule has 3 heteroatoms. The topological polar surface area (TPSA) is 12.0 Å². The SMILES string of the molecule is CC1CCCC1Nc1cccc(Cl)c1Cl. The summed E-state index contributed by atoms with van der Waals surface area (Å²) in [6, 6.07) is 6.27. The van der Waals surface area contributed by atoms with Gasteiger partial charge in [0.15, 0.2) is 0 Å². The average Bonchev–Trinajstić information content (AvgIpc) is 2.60. The molecule has 1 aliphatic carbocycles. The third kappa shape index (κ3) is 2.40. The molecule has 0 radical (unpaired) electrons. The van der Waals surface area contributed by atoms with Crippen molar-refractivity contribution in [1.82, 2.24) is 0 Å². The first kappa shape index (κ1) is 11.1. The molecule has 0 saturated heterocycles. The van der Waals surface area contributed by atoms with Gasteiger partial charge in [-0.25, -0.2) is 0 Å². The molecule has 1 fully saturated rings. The Morgan fingerprint density at radius 3 is 2.73 bits per heavy atom. The molecule has 2 rings (SSSR count). The van der Waals surface area contributed by atoms with Crippen LogP contribution in [0.5, 0.6) is 0 Å². The number of hydrogen-bond donors (Lipinski definition) is 1. The Morgan fingerprint density at radius 2 is 2.07 bits per heavy atom. The van der Waals surface area contributed by atoms with Gasteiger partial charge in [-0.15, -0.1) is 0 Å². The summed E-state index contributed by atoms with van der Waals surface area (Å²) in [5.74, 6) is 0.722. The zero-order valence-electron chi connectivity index (χ0n) is 8.76. The fourth-order valence-corrected chi connectivity index (χ4v) is 2.53. The van der Waals surface area contributed by atoms with Crippen LogP contribution in [-0.4, -0.2) is 6.04 Å². The van der Waals surface area contributed by atoms with Crippen LogP contribution in [0.4, 0.5) is 5.69 Å². The molecule has 2 unspecified atom stereocenters. The van der Waals surface area contributed by atoms with Gasteiger partial charge in [-0.3, -0.25) is 0 Å². The van der Waals surface area contributed by atoms with Gasteiger partial charge in [-0.05, 0) is 30.9 Å². The van der Waals surface area contributed by atoms with Crippen molar-refractivity contribution in [1.29, 1.82) is 0 Å². The summed E-state index contributed by atoms with van der Waals surface area (Å²) in [6.45, 7) is 2.28. The minimum atomic E-state index is 0.543. The van der Waals surface area contributed by atoms with E-state index in [0.29, 0.717) is 16.1 Å². The van der Waals surface area contributed by atoms with Crippen LogP contribution in [0.1, 0.15) is 26.2 Å². The molecule has 82 valence electrons. The van der Waals surface area contributed by atoms with E-state index >= 15 is 0 Å². The predicted octanol–water partition coefficient (Wildman–Crippen LogP) is 4.59. The van der Waals surface area contributed by atoms with Crippen molar-refractivity contribution in [2.75, 3.05) is 5.32 Å². The normalized spacial score (nSPS) is 25.5. The zero-order valence-corrected chi connectivity index (χ0v) is 10.3. The maximum absolute atomic E-state index is 6.12. The van der Waals surface area contributed by atoms with Crippen molar-refractivity contribution in [3.63, 3.8) is 0 Å². The van der Waals surface area contributed by atoms with E-state index in [1.54, 1.807) is 0 Å². The van der Waals surface area contributed by atoms with Gasteiger partial charge in [0.05, 0.1) is 15.7 Å². The Bertz CT molecular complexity index is 351. The Kier molecular flexibility index (Phi) is 3.42. The third-order valence-electron chi connectivity index (χ3n) is 3.15. The Hall–Kier alpha value is -0.400. The van der Waals surface area contributed by atoms with E-state index in [9.17, 15) is 0 Å². The Morgan fingerprint density at radius 1 is 1.27 bits per heavy atom. The molecule has 2 atom stereocenters. The smallest absolute Gasteiger partial charge is 0.0823 e. The average molecular weight is 244 g/mol. The number of halogens is 2. The Labute approximate surface area is 101 Å². The molecule has 0 aliphatic heterocycles. The lowest BCUT2D eigenvalue weighted by molar-refractivity contribution is 0.556. The molecule has 1 aromatic rings. The van der Waals surface area contributed by atoms with Crippen LogP contribution in [0.15, 0.2) is 18.2 Å². The van der Waals surface area contributed by atoms with Gasteiger partial charge in [0, 0.05) is 6.04 Å². The second-order valence-electron chi connectivity index (χ2n) is 4.26. The first-order chi connectivity index (χ1) is 7.18. The quantitative estimate of drug-likeness (QED) is 0.801. The highest BCUT2D eigenvalue weighted by Crippen LogP contribution is 2.33. The molecule has 0 bridgehead atoms. The lowest BCUT2D eigenvalue weighted by Gasteiger charge is -2.19. The molecule has 15 heavy (non-hydrogen) atoms. The monoisotopic (exact) mass is 243 g/mol. The van der Waals surface area contributed by atoms with E-state index in [1.807, 2.05) is 18.2 Å². The van der Waals surface area contributed by atoms with Crippen molar-refractivity contribution >= 4 is 28.9 Å². The second kappa shape index (κ2) is 4.63. The van der Waals surface area contributed by atoms with Crippen molar-refractivity contribution < 1.29 is 0 Å². The molecule has 0 spiro atoms. The second-order valence-corrected chi connectivity index (χ2v) is 5.05. The maximum atomic E-state index is 6.12. The Balaban J connectivity index is 2.13. The fourth-order valence-electron chi connectivity index (χ4n) is 2.17. The van der Waals surface area contributed by atoms with Crippen LogP contribution in [-0.2, 0) is 0 Å². The summed E-state index contributed by atoms with van der Waals surface area (Å²) in [5.41, 5.74) is 0.961. The largest absolute Gasteiger partial charge is 0.381 e. The van der Waals surface area contributed by atoms with Crippen LogP contribution in [0, 0.1) is 5.92 Å². The van der Waals surface area contributed by atoms with E-state index in [4.69, 9.17) is 23.2 Å². The first-order valence-electron chi connectivity index (χ1n) is 5.39. The lowest BCUT2D eigenvalue weighted by Crippen LogP contribution is -2.21. The summed E-state index contributed by atoms with van der Waals surface area (Å²) in [6.07, 6.45) is 3.83. The number of rotatable bonds is 2. The standard InChI is InChI=1S/C12H15Cl2N/c1-8-4-2-6-10(8)15-11-7-3-5-9(13)12(11)14/h3,5,7-8,10,15H,2,4,6H2,1H3. The minimum absolute atomic E-state index is 0.543. The van der Waals surface area contributed by atoms with Gasteiger partial charge >= 0.3 is 0 Å². The van der Waals surface area contributed by atoms with Gasteiger partial charge in [0.25, 0.3) is 0 Å². The number of anilines is 1. The summed E-state index contributed by atoms with van der Waals surface area (Å²) >= 11 is 12.1. The van der Waals surface area contributed by atoms with Gasteiger partial charge in [0.1, 0.15) is 0 Å². The van der Waals surface area contributed by atoms with Crippen LogP contribution >= 0.6 is 23.2 Å². The molecule has 1 aliphatic rings. The lowest BCUT2D eigenvalue weighted by atomic mass is 10.1. The summed E-state index contributed by atoms with van der Waals surface area (Å²) in [4.78, 5) is 0. The molecule has 1 aromatic carbocycles. The summed E-state index contributed by atoms with van der Waals surface area (Å²) in [5, 5.41) is 4.74. The molecule has 0 amide bonds. The highest BCUT2D eigenvalue weighted by molar-refractivity contribution is 6.43. The van der Waals surface area contributed by atoms with Crippen LogP contribution in [0.25, 0.3) is 0 Å². The molecule has 0 aromatic heterocycles. The van der Waals surface area contributed by atoms with E-state index < -0.39 is 0 Å². The summed E-state index contributed by atoms with van der Waals surface area (Å²) in [7, 11) is 0. The molecular weight excluding hydrogens is 229 g/mol. The van der Waals surface area contributed by atoms with Crippen molar-refractivity contribution in [3.05, 3.63) is 28.2 Å². The van der Waals surface area contributed by atoms with Crippen molar-refractivity contribution in [3.8, 4) is 0 Å². The first-order valence-corrected chi connectivity index (χ1v) is 6.14. The van der Waals surface area contributed by atoms with E-state index in [1.165, 1.54) is 19.3 Å². The molecule has 1 N–H and O–H groups in total. The molecule has 1 saturated carbocycles. The van der Waals surface area contributed by atoms with Gasteiger partial charge < -0.3 is 5.32 Å². The number of benzene rings is 1. The highest BCUT2D eigenvalue weighted by Gasteiger charge is 2.23. The van der Waals surface area contributed by atoms with Gasteiger partial charge in [-0.2, -0.15) is 0 Å². The third-order valence-corrected chi connectivity index (χ3v) is 3.97. The van der Waals surface area contributed by atoms with Crippen LogP contribution in [0.2, 0.25) is 10.0 Å². The van der Waals surface area contributed by atoms with Gasteiger partial charge in [-0.1, -0.05) is 42.6 Å². The predicted molar refractivity (Wildman–Crippen MR) is 66.9 cm³/mol. The number of nitrogens with one attached hydrogen (secondary N) is 1. The van der Waals surface area contributed by atoms with Crippen LogP contribution < -0.4 is 5.32 Å². The van der Waals surface area contributed by atoms with Crippen molar-refractivity contribution in [2.24, 2.45) is 5.92 Å². The van der Waals surface area contributed by atoms with Crippen molar-refractivity contribution in [2.45, 2.75) is 32.2 Å². The van der Waals surface area contributed by atoms with E-state index in [0.717, 1.165) is 11.6 Å². The molecular formula is C12H15Cl2N. The molecule has 0 heterocycles. The van der Waals surface area contributed by atoms with E-state index in [2.05, 4.69) is 12.2 Å². The number of hydrogen-bond acceptors (Lipinski definition) is 1.